The Bertz CT molecular complexity index is 1780. The van der Waals surface area contributed by atoms with Crippen molar-refractivity contribution >= 4 is 32.5 Å². The molecule has 0 unspecified atom stereocenters. The van der Waals surface area contributed by atoms with Gasteiger partial charge in [-0.2, -0.15) is 0 Å². The molecule has 210 valence electrons. The molecule has 0 bridgehead atoms. The Morgan fingerprint density at radius 1 is 1.07 bits per heavy atom. The maximum atomic E-state index is 14.5. The number of aromatic nitrogens is 2. The van der Waals surface area contributed by atoms with Gasteiger partial charge in [-0.3, -0.25) is 14.3 Å². The van der Waals surface area contributed by atoms with Crippen LogP contribution >= 0.6 is 0 Å². The van der Waals surface area contributed by atoms with E-state index in [1.165, 1.54) is 25.1 Å². The molecule has 0 saturated carbocycles. The number of hydrogen-bond donors (Lipinski definition) is 2. The van der Waals surface area contributed by atoms with E-state index in [1.807, 2.05) is 0 Å². The van der Waals surface area contributed by atoms with E-state index in [0.717, 1.165) is 12.1 Å². The van der Waals surface area contributed by atoms with E-state index < -0.39 is 27.2 Å². The Balaban J connectivity index is 1.68. The number of fused-ring (bicyclic) bond motifs is 1. The third kappa shape index (κ3) is 5.42. The lowest BCUT2D eigenvalue weighted by Crippen LogP contribution is -2.41. The summed E-state index contributed by atoms with van der Waals surface area (Å²) >= 11 is 0. The number of benzene rings is 2. The second-order valence-corrected chi connectivity index (χ2v) is 11.2. The molecule has 2 aromatic heterocycles. The van der Waals surface area contributed by atoms with Crippen molar-refractivity contribution in [3.8, 4) is 22.6 Å². The first kappa shape index (κ1) is 27.3. The first-order valence-electron chi connectivity index (χ1n) is 12.4. The maximum absolute atomic E-state index is 14.5. The number of halogens is 2. The molecule has 13 heteroatoms. The summed E-state index contributed by atoms with van der Waals surface area (Å²) in [4.78, 5) is 30.5. The van der Waals surface area contributed by atoms with E-state index in [9.17, 15) is 26.8 Å². The minimum Gasteiger partial charge on any atom is -0.454 e. The second kappa shape index (κ2) is 10.7. The van der Waals surface area contributed by atoms with E-state index in [-0.39, 0.29) is 40.1 Å². The molecule has 40 heavy (non-hydrogen) atoms. The molecule has 2 aromatic carbocycles. The highest BCUT2D eigenvalue weighted by atomic mass is 32.2. The summed E-state index contributed by atoms with van der Waals surface area (Å²) in [5.74, 6) is -2.40. The number of hydrogen-bond acceptors (Lipinski definition) is 6. The zero-order chi connectivity index (χ0) is 28.6. The van der Waals surface area contributed by atoms with Gasteiger partial charge in [0.05, 0.1) is 19.0 Å². The summed E-state index contributed by atoms with van der Waals surface area (Å²) < 4.78 is 67.7. The van der Waals surface area contributed by atoms with Crippen molar-refractivity contribution in [2.45, 2.75) is 6.92 Å². The van der Waals surface area contributed by atoms with E-state index >= 15 is 0 Å². The lowest BCUT2D eigenvalue weighted by atomic mass is 10.0. The highest BCUT2D eigenvalue weighted by Gasteiger charge is 2.24. The van der Waals surface area contributed by atoms with Gasteiger partial charge < -0.3 is 23.9 Å². The molecule has 1 amide bonds. The van der Waals surface area contributed by atoms with Crippen LogP contribution in [-0.2, 0) is 21.8 Å². The summed E-state index contributed by atoms with van der Waals surface area (Å²) in [6.45, 7) is 3.01. The van der Waals surface area contributed by atoms with Crippen molar-refractivity contribution in [2.24, 2.45) is 7.05 Å². The van der Waals surface area contributed by atoms with Crippen LogP contribution in [0.2, 0.25) is 0 Å². The monoisotopic (exact) mass is 572 g/mol. The Morgan fingerprint density at radius 2 is 1.80 bits per heavy atom. The summed E-state index contributed by atoms with van der Waals surface area (Å²) in [5.41, 5.74) is 0.761. The Labute approximate surface area is 228 Å². The first-order valence-corrected chi connectivity index (χ1v) is 14.1. The normalized spacial score (nSPS) is 13.9. The van der Waals surface area contributed by atoms with Crippen molar-refractivity contribution < 1.29 is 31.5 Å². The van der Waals surface area contributed by atoms with Crippen LogP contribution in [-0.4, -0.2) is 60.8 Å². The smallest absolute Gasteiger partial charge is 0.273 e. The number of H-pyrrole nitrogens is 1. The number of aryl methyl sites for hydroxylation is 1. The minimum atomic E-state index is -3.64. The van der Waals surface area contributed by atoms with Crippen LogP contribution in [0.15, 0.2) is 53.5 Å². The summed E-state index contributed by atoms with van der Waals surface area (Å²) in [5, 5.41) is 0.391. The second-order valence-electron chi connectivity index (χ2n) is 9.23. The number of carbonyl (C=O) groups is 1. The molecule has 0 spiro atoms. The fourth-order valence-electron chi connectivity index (χ4n) is 4.52. The molecule has 1 aliphatic heterocycles. The lowest BCUT2D eigenvalue weighted by molar-refractivity contribution is 0.0299. The molecule has 10 nitrogen and oxygen atoms in total. The van der Waals surface area contributed by atoms with Gasteiger partial charge in [0.15, 0.2) is 11.6 Å². The molecular formula is C27H26F2N4O6S. The van der Waals surface area contributed by atoms with Gasteiger partial charge in [0.2, 0.25) is 10.0 Å². The molecule has 0 radical (unpaired) electrons. The van der Waals surface area contributed by atoms with Gasteiger partial charge >= 0.3 is 0 Å². The number of ether oxygens (including phenoxy) is 2. The molecular weight excluding hydrogens is 546 g/mol. The molecule has 0 aliphatic carbocycles. The number of sulfonamides is 1. The number of carbonyl (C=O) groups excluding carboxylic acids is 1. The van der Waals surface area contributed by atoms with Crippen molar-refractivity contribution in [2.75, 3.05) is 36.8 Å². The molecule has 0 atom stereocenters. The topological polar surface area (TPSA) is 123 Å². The van der Waals surface area contributed by atoms with Gasteiger partial charge in [-0.25, -0.2) is 17.2 Å². The fourth-order valence-corrected chi connectivity index (χ4v) is 5.15. The van der Waals surface area contributed by atoms with Crippen LogP contribution in [0.4, 0.5) is 14.5 Å². The maximum Gasteiger partial charge on any atom is 0.273 e. The van der Waals surface area contributed by atoms with Gasteiger partial charge in [-0.15, -0.1) is 0 Å². The van der Waals surface area contributed by atoms with Gasteiger partial charge in [0, 0.05) is 54.6 Å². The largest absolute Gasteiger partial charge is 0.454 e. The summed E-state index contributed by atoms with van der Waals surface area (Å²) in [6, 6.07) is 8.78. The Morgan fingerprint density at radius 3 is 2.50 bits per heavy atom. The predicted octanol–water partition coefficient (Wildman–Crippen LogP) is 3.84. The SMILES string of the molecule is CCS(=O)(=O)Nc1ccc(Oc2ccc(F)cc2F)c(-c2cn(C)c3c(=O)[nH]c(C(=O)N4CCOCC4)cc23)c1. The van der Waals surface area contributed by atoms with E-state index in [1.54, 1.807) is 28.8 Å². The van der Waals surface area contributed by atoms with Crippen LogP contribution in [0.25, 0.3) is 22.0 Å². The van der Waals surface area contributed by atoms with Crippen LogP contribution in [0.3, 0.4) is 0 Å². The van der Waals surface area contributed by atoms with Crippen LogP contribution in [0, 0.1) is 11.6 Å². The predicted molar refractivity (Wildman–Crippen MR) is 145 cm³/mol. The molecule has 5 rings (SSSR count). The van der Waals surface area contributed by atoms with Crippen molar-refractivity contribution in [1.29, 1.82) is 0 Å². The third-order valence-electron chi connectivity index (χ3n) is 6.54. The quantitative estimate of drug-likeness (QED) is 0.347. The number of aromatic amines is 1. The average Bonchev–Trinajstić information content (AvgIpc) is 3.27. The molecule has 3 heterocycles. The van der Waals surface area contributed by atoms with Crippen molar-refractivity contribution in [3.05, 3.63) is 76.3 Å². The van der Waals surface area contributed by atoms with Crippen LogP contribution in [0.1, 0.15) is 17.4 Å². The number of nitrogens with zero attached hydrogens (tertiary/aromatic N) is 2. The fraction of sp³-hybridized carbons (Fsp3) is 0.259. The minimum absolute atomic E-state index is 0.0711. The lowest BCUT2D eigenvalue weighted by Gasteiger charge is -2.26. The zero-order valence-corrected chi connectivity index (χ0v) is 22.5. The molecule has 1 aliphatic rings. The van der Waals surface area contributed by atoms with Gasteiger partial charge in [-0.05, 0) is 43.3 Å². The highest BCUT2D eigenvalue weighted by Crippen LogP contribution is 2.40. The number of pyridine rings is 1. The number of amides is 1. The van der Waals surface area contributed by atoms with Crippen LogP contribution < -0.4 is 15.0 Å². The number of anilines is 1. The zero-order valence-electron chi connectivity index (χ0n) is 21.7. The van der Waals surface area contributed by atoms with Gasteiger partial charge in [0.1, 0.15) is 22.8 Å². The van der Waals surface area contributed by atoms with E-state index in [0.29, 0.717) is 48.9 Å². The molecule has 4 aromatic rings. The number of rotatable bonds is 7. The third-order valence-corrected chi connectivity index (χ3v) is 7.85. The first-order chi connectivity index (χ1) is 19.1. The van der Waals surface area contributed by atoms with Crippen LogP contribution in [0.5, 0.6) is 11.5 Å². The van der Waals surface area contributed by atoms with E-state index in [4.69, 9.17) is 9.47 Å². The molecule has 1 fully saturated rings. The van der Waals surface area contributed by atoms with Gasteiger partial charge in [0.25, 0.3) is 11.5 Å². The summed E-state index contributed by atoms with van der Waals surface area (Å²) in [6.07, 6.45) is 1.63. The van der Waals surface area contributed by atoms with Gasteiger partial charge in [-0.1, -0.05) is 0 Å². The Kier molecular flexibility index (Phi) is 7.34. The van der Waals surface area contributed by atoms with Crippen molar-refractivity contribution in [1.82, 2.24) is 14.5 Å². The average molecular weight is 573 g/mol. The van der Waals surface area contributed by atoms with E-state index in [2.05, 4.69) is 9.71 Å². The van der Waals surface area contributed by atoms with Crippen molar-refractivity contribution in [3.63, 3.8) is 0 Å². The standard InChI is InChI=1S/C27H26F2N4O6S/c1-3-40(36,37)31-17-5-7-23(39-24-6-4-16(28)12-21(24)29)18(13-17)20-15-32(2)25-19(20)14-22(30-26(25)34)27(35)33-8-10-38-11-9-33/h4-7,12-15,31H,3,8-11H2,1-2H3,(H,30,34). The summed E-state index contributed by atoms with van der Waals surface area (Å²) in [7, 11) is -2.00. The Hall–Kier alpha value is -4.23. The molecule has 1 saturated heterocycles. The number of nitrogens with one attached hydrogen (secondary N) is 2. The number of morpholine rings is 1. The molecule has 2 N–H and O–H groups in total. The highest BCUT2D eigenvalue weighted by molar-refractivity contribution is 7.92.